The molecular formula is C5H3F3N2O3S. The lowest BCUT2D eigenvalue weighted by atomic mass is 10.7. The smallest absolute Gasteiger partial charge is 0.225 e. The Balaban J connectivity index is 2.99. The molecule has 9 heteroatoms. The van der Waals surface area contributed by atoms with E-state index in [2.05, 4.69) is 14.2 Å². The molecule has 5 nitrogen and oxygen atoms in total. The molecule has 0 bridgehead atoms. The highest BCUT2D eigenvalue weighted by Crippen LogP contribution is 2.22. The molecule has 0 atom stereocenters. The average Bonchev–Trinajstić information content (AvgIpc) is 2.01. The molecule has 0 aromatic carbocycles. The molecule has 14 heavy (non-hydrogen) atoms. The maximum absolute atomic E-state index is 11.6. The Morgan fingerprint density at radius 3 is 2.14 bits per heavy atom. The average molecular weight is 228 g/mol. The quantitative estimate of drug-likeness (QED) is 0.550. The summed E-state index contributed by atoms with van der Waals surface area (Å²) in [6.07, 6.45) is -3.31. The van der Waals surface area contributed by atoms with Crippen LogP contribution in [-0.2, 0) is 14.3 Å². The molecule has 1 aromatic rings. The van der Waals surface area contributed by atoms with Crippen LogP contribution in [0.25, 0.3) is 0 Å². The first-order valence-corrected chi connectivity index (χ1v) is 4.51. The summed E-state index contributed by atoms with van der Waals surface area (Å²) >= 11 is 0. The van der Waals surface area contributed by atoms with Gasteiger partial charge < -0.3 is 0 Å². The van der Waals surface area contributed by atoms with E-state index in [-0.39, 0.29) is 0 Å². The molecule has 1 heterocycles. The summed E-state index contributed by atoms with van der Waals surface area (Å²) in [6, 6.07) is 1.26. The maximum Gasteiger partial charge on any atom is 0.537 e. The predicted molar refractivity (Wildman–Crippen MR) is 36.4 cm³/mol. The molecule has 0 radical (unpaired) electrons. The first-order valence-electron chi connectivity index (χ1n) is 3.11. The standard InChI is InChI=1S/C5H3F3N2O3S/c6-5(7,8)13-14(11,12)4-9-2-1-3-10-4/h1-3H. The van der Waals surface area contributed by atoms with Crippen LogP contribution in [0.15, 0.2) is 23.6 Å². The third-order valence-electron chi connectivity index (χ3n) is 0.970. The van der Waals surface area contributed by atoms with Crippen LogP contribution in [0.1, 0.15) is 0 Å². The first kappa shape index (κ1) is 10.9. The molecule has 0 aliphatic rings. The Kier molecular flexibility index (Phi) is 2.71. The van der Waals surface area contributed by atoms with E-state index in [9.17, 15) is 21.6 Å². The monoisotopic (exact) mass is 228 g/mol. The molecule has 0 amide bonds. The van der Waals surface area contributed by atoms with Gasteiger partial charge in [-0.1, -0.05) is 0 Å². The normalized spacial score (nSPS) is 12.8. The number of hydrogen-bond acceptors (Lipinski definition) is 5. The van der Waals surface area contributed by atoms with Crippen molar-refractivity contribution < 1.29 is 25.8 Å². The van der Waals surface area contributed by atoms with Gasteiger partial charge in [0.05, 0.1) is 0 Å². The van der Waals surface area contributed by atoms with Crippen molar-refractivity contribution >= 4 is 10.1 Å². The summed E-state index contributed by atoms with van der Waals surface area (Å²) in [5.41, 5.74) is 0. The highest BCUT2D eigenvalue weighted by Gasteiger charge is 2.39. The van der Waals surface area contributed by atoms with Gasteiger partial charge in [-0.15, -0.1) is 13.2 Å². The number of alkyl halides is 3. The van der Waals surface area contributed by atoms with Crippen LogP contribution in [0.2, 0.25) is 0 Å². The number of nitrogens with zero attached hydrogens (tertiary/aromatic N) is 2. The number of hydrogen-bond donors (Lipinski definition) is 0. The lowest BCUT2D eigenvalue weighted by Crippen LogP contribution is -2.21. The van der Waals surface area contributed by atoms with Crippen LogP contribution in [-0.4, -0.2) is 24.7 Å². The van der Waals surface area contributed by atoms with Crippen molar-refractivity contribution in [2.24, 2.45) is 0 Å². The van der Waals surface area contributed by atoms with E-state index < -0.39 is 21.6 Å². The summed E-state index contributed by atoms with van der Waals surface area (Å²) in [4.78, 5) is 6.22. The molecule has 0 aliphatic heterocycles. The lowest BCUT2D eigenvalue weighted by Gasteiger charge is -2.05. The fraction of sp³-hybridized carbons (Fsp3) is 0.200. The second-order valence-electron chi connectivity index (χ2n) is 2.01. The summed E-state index contributed by atoms with van der Waals surface area (Å²) in [5, 5.41) is -1.03. The predicted octanol–water partition coefficient (Wildman–Crippen LogP) is 0.702. The third kappa shape index (κ3) is 2.92. The van der Waals surface area contributed by atoms with Crippen molar-refractivity contribution in [3.05, 3.63) is 18.5 Å². The van der Waals surface area contributed by atoms with Crippen LogP contribution < -0.4 is 0 Å². The molecule has 0 fully saturated rings. The van der Waals surface area contributed by atoms with Gasteiger partial charge in [0.15, 0.2) is 0 Å². The van der Waals surface area contributed by atoms with Gasteiger partial charge in [-0.2, -0.15) is 12.6 Å². The minimum Gasteiger partial charge on any atom is -0.225 e. The Bertz CT molecular complexity index is 402. The van der Waals surface area contributed by atoms with Crippen molar-refractivity contribution in [3.63, 3.8) is 0 Å². The van der Waals surface area contributed by atoms with Crippen molar-refractivity contribution in [3.8, 4) is 0 Å². The minimum absolute atomic E-state index is 0.986. The van der Waals surface area contributed by atoms with Gasteiger partial charge in [0.2, 0.25) is 0 Å². The lowest BCUT2D eigenvalue weighted by molar-refractivity contribution is -0.272. The topological polar surface area (TPSA) is 69.2 Å². The number of aromatic nitrogens is 2. The Labute approximate surface area is 76.7 Å². The molecule has 1 rings (SSSR count). The van der Waals surface area contributed by atoms with Crippen LogP contribution in [0.5, 0.6) is 0 Å². The summed E-state index contributed by atoms with van der Waals surface area (Å²) < 4.78 is 59.2. The van der Waals surface area contributed by atoms with Crippen molar-refractivity contribution in [1.82, 2.24) is 9.97 Å². The van der Waals surface area contributed by atoms with Crippen LogP contribution in [0.3, 0.4) is 0 Å². The first-order chi connectivity index (χ1) is 6.31. The van der Waals surface area contributed by atoms with Gasteiger partial charge in [0.1, 0.15) is 0 Å². The zero-order chi connectivity index (χ0) is 10.8. The fourth-order valence-corrected chi connectivity index (χ4v) is 1.28. The van der Waals surface area contributed by atoms with Gasteiger partial charge in [0.25, 0.3) is 5.16 Å². The van der Waals surface area contributed by atoms with E-state index >= 15 is 0 Å². The molecule has 0 saturated carbocycles. The molecule has 0 spiro atoms. The number of rotatable bonds is 2. The zero-order valence-corrected chi connectivity index (χ0v) is 7.21. The van der Waals surface area contributed by atoms with Gasteiger partial charge in [-0.3, -0.25) is 0 Å². The van der Waals surface area contributed by atoms with E-state index in [0.29, 0.717) is 0 Å². The number of halogens is 3. The second-order valence-corrected chi connectivity index (χ2v) is 3.45. The third-order valence-corrected chi connectivity index (χ3v) is 2.04. The van der Waals surface area contributed by atoms with Crippen LogP contribution >= 0.6 is 0 Å². The van der Waals surface area contributed by atoms with E-state index in [1.54, 1.807) is 0 Å². The van der Waals surface area contributed by atoms with Gasteiger partial charge in [0, 0.05) is 12.4 Å². The van der Waals surface area contributed by atoms with E-state index in [1.807, 2.05) is 0 Å². The van der Waals surface area contributed by atoms with Crippen LogP contribution in [0, 0.1) is 0 Å². The summed E-state index contributed by atoms with van der Waals surface area (Å²) in [5.74, 6) is 0. The molecule has 1 aromatic heterocycles. The van der Waals surface area contributed by atoms with E-state index in [0.717, 1.165) is 12.4 Å². The SMILES string of the molecule is O=S(=O)(OC(F)(F)F)c1ncccn1. The second kappa shape index (κ2) is 3.50. The zero-order valence-electron chi connectivity index (χ0n) is 6.39. The minimum atomic E-state index is -5.28. The molecule has 78 valence electrons. The summed E-state index contributed by atoms with van der Waals surface area (Å²) in [7, 11) is -4.97. The van der Waals surface area contributed by atoms with Crippen molar-refractivity contribution in [2.45, 2.75) is 11.5 Å². The van der Waals surface area contributed by atoms with E-state index in [4.69, 9.17) is 0 Å². The molecule has 0 unspecified atom stereocenters. The Morgan fingerprint density at radius 2 is 1.71 bits per heavy atom. The summed E-state index contributed by atoms with van der Waals surface area (Å²) in [6.45, 7) is 0. The highest BCUT2D eigenvalue weighted by atomic mass is 32.2. The fourth-order valence-electron chi connectivity index (χ4n) is 0.576. The van der Waals surface area contributed by atoms with E-state index in [1.165, 1.54) is 6.07 Å². The molecule has 0 aliphatic carbocycles. The highest BCUT2D eigenvalue weighted by molar-refractivity contribution is 7.86. The van der Waals surface area contributed by atoms with Crippen LogP contribution in [0.4, 0.5) is 13.2 Å². The van der Waals surface area contributed by atoms with Crippen molar-refractivity contribution in [2.75, 3.05) is 0 Å². The Hall–Kier alpha value is -1.22. The Morgan fingerprint density at radius 1 is 1.21 bits per heavy atom. The maximum atomic E-state index is 11.6. The van der Waals surface area contributed by atoms with Gasteiger partial charge in [-0.05, 0) is 6.07 Å². The van der Waals surface area contributed by atoms with Gasteiger partial charge in [-0.25, -0.2) is 9.97 Å². The molecule has 0 N–H and O–H groups in total. The molecule has 0 saturated heterocycles. The van der Waals surface area contributed by atoms with Crippen molar-refractivity contribution in [1.29, 1.82) is 0 Å². The molecular weight excluding hydrogens is 225 g/mol. The largest absolute Gasteiger partial charge is 0.537 e. The van der Waals surface area contributed by atoms with Gasteiger partial charge >= 0.3 is 16.5 Å².